The van der Waals surface area contributed by atoms with Gasteiger partial charge in [-0.1, -0.05) is 13.0 Å². The van der Waals surface area contributed by atoms with Crippen LogP contribution in [0.3, 0.4) is 0 Å². The van der Waals surface area contributed by atoms with Crippen LogP contribution < -0.4 is 10.5 Å². The predicted octanol–water partition coefficient (Wildman–Crippen LogP) is 4.01. The van der Waals surface area contributed by atoms with Crippen LogP contribution in [0.15, 0.2) is 16.6 Å². The Morgan fingerprint density at radius 1 is 1.29 bits per heavy atom. The van der Waals surface area contributed by atoms with Crippen molar-refractivity contribution in [1.29, 1.82) is 0 Å². The SMILES string of the molecule is CCc1nn(CC)c(COc2c(C)ccc(N)c2C)c1Br. The highest BCUT2D eigenvalue weighted by atomic mass is 79.9. The van der Waals surface area contributed by atoms with E-state index in [9.17, 15) is 0 Å². The zero-order valence-electron chi connectivity index (χ0n) is 13.0. The minimum atomic E-state index is 0.479. The Balaban J connectivity index is 2.29. The molecule has 0 fully saturated rings. The van der Waals surface area contributed by atoms with Gasteiger partial charge in [-0.3, -0.25) is 4.68 Å². The van der Waals surface area contributed by atoms with E-state index in [0.29, 0.717) is 6.61 Å². The van der Waals surface area contributed by atoms with E-state index >= 15 is 0 Å². The first-order valence-electron chi connectivity index (χ1n) is 7.22. The van der Waals surface area contributed by atoms with Gasteiger partial charge in [0.05, 0.1) is 15.9 Å². The second-order valence-electron chi connectivity index (χ2n) is 5.09. The minimum Gasteiger partial charge on any atom is -0.487 e. The fourth-order valence-corrected chi connectivity index (χ4v) is 3.04. The zero-order chi connectivity index (χ0) is 15.6. The molecule has 0 radical (unpaired) electrons. The van der Waals surface area contributed by atoms with Crippen LogP contribution in [0.25, 0.3) is 0 Å². The number of anilines is 1. The molecule has 1 aromatic carbocycles. The van der Waals surface area contributed by atoms with Gasteiger partial charge in [-0.2, -0.15) is 5.10 Å². The first-order chi connectivity index (χ1) is 9.99. The summed E-state index contributed by atoms with van der Waals surface area (Å²) >= 11 is 3.64. The molecule has 5 heteroatoms. The van der Waals surface area contributed by atoms with Gasteiger partial charge in [-0.15, -0.1) is 0 Å². The van der Waals surface area contributed by atoms with E-state index in [2.05, 4.69) is 34.9 Å². The summed E-state index contributed by atoms with van der Waals surface area (Å²) < 4.78 is 9.08. The van der Waals surface area contributed by atoms with E-state index in [4.69, 9.17) is 10.5 Å². The average molecular weight is 352 g/mol. The number of hydrogen-bond acceptors (Lipinski definition) is 3. The summed E-state index contributed by atoms with van der Waals surface area (Å²) in [6, 6.07) is 3.90. The molecule has 0 aliphatic rings. The third-order valence-electron chi connectivity index (χ3n) is 3.69. The van der Waals surface area contributed by atoms with Crippen LogP contribution in [-0.2, 0) is 19.6 Å². The fraction of sp³-hybridized carbons (Fsp3) is 0.438. The molecule has 114 valence electrons. The molecule has 2 rings (SSSR count). The van der Waals surface area contributed by atoms with E-state index < -0.39 is 0 Å². The van der Waals surface area contributed by atoms with Crippen LogP contribution in [-0.4, -0.2) is 9.78 Å². The molecule has 0 aliphatic heterocycles. The topological polar surface area (TPSA) is 53.1 Å². The van der Waals surface area contributed by atoms with Crippen LogP contribution in [0.4, 0.5) is 5.69 Å². The van der Waals surface area contributed by atoms with Gasteiger partial charge in [0.1, 0.15) is 12.4 Å². The molecule has 2 aromatic rings. The standard InChI is InChI=1S/C16H22BrN3O/c1-5-13-15(17)14(20(6-2)19-13)9-21-16-10(3)7-8-12(18)11(16)4/h7-8H,5-6,9,18H2,1-4H3. The molecule has 0 spiro atoms. The van der Waals surface area contributed by atoms with E-state index in [0.717, 1.165) is 51.4 Å². The number of aromatic nitrogens is 2. The zero-order valence-corrected chi connectivity index (χ0v) is 14.6. The first kappa shape index (κ1) is 15.9. The Labute approximate surface area is 134 Å². The van der Waals surface area contributed by atoms with Crippen molar-refractivity contribution >= 4 is 21.6 Å². The molecule has 0 atom stereocenters. The van der Waals surface area contributed by atoms with E-state index in [1.807, 2.05) is 30.7 Å². The van der Waals surface area contributed by atoms with E-state index in [-0.39, 0.29) is 0 Å². The van der Waals surface area contributed by atoms with Crippen molar-refractivity contribution in [2.24, 2.45) is 0 Å². The average Bonchev–Trinajstić information content (AvgIpc) is 2.79. The second-order valence-corrected chi connectivity index (χ2v) is 5.88. The fourth-order valence-electron chi connectivity index (χ4n) is 2.36. The van der Waals surface area contributed by atoms with Crippen molar-refractivity contribution in [3.8, 4) is 5.75 Å². The molecule has 4 nitrogen and oxygen atoms in total. The number of benzene rings is 1. The molecule has 0 unspecified atom stereocenters. The summed E-state index contributed by atoms with van der Waals surface area (Å²) in [5.41, 5.74) is 10.9. The van der Waals surface area contributed by atoms with Gasteiger partial charge >= 0.3 is 0 Å². The van der Waals surface area contributed by atoms with Gasteiger partial charge in [0.15, 0.2) is 0 Å². The number of halogens is 1. The number of hydrogen-bond donors (Lipinski definition) is 1. The van der Waals surface area contributed by atoms with Crippen LogP contribution in [0, 0.1) is 13.8 Å². The molecule has 0 bridgehead atoms. The van der Waals surface area contributed by atoms with Gasteiger partial charge in [0.25, 0.3) is 0 Å². The lowest BCUT2D eigenvalue weighted by atomic mass is 10.1. The Bertz CT molecular complexity index is 649. The van der Waals surface area contributed by atoms with Gasteiger partial charge in [0, 0.05) is 17.8 Å². The third kappa shape index (κ3) is 3.07. The Kier molecular flexibility index (Phi) is 4.93. The third-order valence-corrected chi connectivity index (χ3v) is 4.61. The smallest absolute Gasteiger partial charge is 0.131 e. The largest absolute Gasteiger partial charge is 0.487 e. The Morgan fingerprint density at radius 2 is 2.00 bits per heavy atom. The lowest BCUT2D eigenvalue weighted by Gasteiger charge is -2.14. The highest BCUT2D eigenvalue weighted by Crippen LogP contribution is 2.30. The number of aryl methyl sites for hydroxylation is 3. The van der Waals surface area contributed by atoms with Crippen molar-refractivity contribution in [3.63, 3.8) is 0 Å². The highest BCUT2D eigenvalue weighted by Gasteiger charge is 2.15. The number of nitrogen functional groups attached to an aromatic ring is 1. The summed E-state index contributed by atoms with van der Waals surface area (Å²) in [6.45, 7) is 9.51. The maximum Gasteiger partial charge on any atom is 0.131 e. The minimum absolute atomic E-state index is 0.479. The van der Waals surface area contributed by atoms with Crippen molar-refractivity contribution in [2.75, 3.05) is 5.73 Å². The summed E-state index contributed by atoms with van der Waals surface area (Å²) in [7, 11) is 0. The lowest BCUT2D eigenvalue weighted by Crippen LogP contribution is -2.08. The maximum atomic E-state index is 6.04. The van der Waals surface area contributed by atoms with Crippen LogP contribution in [0.5, 0.6) is 5.75 Å². The number of rotatable bonds is 5. The summed E-state index contributed by atoms with van der Waals surface area (Å²) in [5.74, 6) is 0.865. The normalized spacial score (nSPS) is 10.9. The predicted molar refractivity (Wildman–Crippen MR) is 89.6 cm³/mol. The molecular formula is C16H22BrN3O. The molecule has 0 aliphatic carbocycles. The van der Waals surface area contributed by atoms with Crippen LogP contribution >= 0.6 is 15.9 Å². The molecule has 1 heterocycles. The molecule has 1 aromatic heterocycles. The van der Waals surface area contributed by atoms with Crippen molar-refractivity contribution in [2.45, 2.75) is 47.3 Å². The summed E-state index contributed by atoms with van der Waals surface area (Å²) in [5, 5.41) is 4.59. The summed E-state index contributed by atoms with van der Waals surface area (Å²) in [4.78, 5) is 0. The van der Waals surface area contributed by atoms with Crippen molar-refractivity contribution in [3.05, 3.63) is 39.1 Å². The Hall–Kier alpha value is -1.49. The lowest BCUT2D eigenvalue weighted by molar-refractivity contribution is 0.288. The monoisotopic (exact) mass is 351 g/mol. The van der Waals surface area contributed by atoms with E-state index in [1.54, 1.807) is 0 Å². The highest BCUT2D eigenvalue weighted by molar-refractivity contribution is 9.10. The molecular weight excluding hydrogens is 330 g/mol. The number of ether oxygens (including phenoxy) is 1. The number of nitrogens with two attached hydrogens (primary N) is 1. The van der Waals surface area contributed by atoms with E-state index in [1.165, 1.54) is 0 Å². The number of nitrogens with zero attached hydrogens (tertiary/aromatic N) is 2. The quantitative estimate of drug-likeness (QED) is 0.828. The summed E-state index contributed by atoms with van der Waals surface area (Å²) in [6.07, 6.45) is 0.900. The molecule has 0 saturated heterocycles. The van der Waals surface area contributed by atoms with Gasteiger partial charge < -0.3 is 10.5 Å². The molecule has 0 saturated carbocycles. The molecule has 2 N–H and O–H groups in total. The second kappa shape index (κ2) is 6.52. The van der Waals surface area contributed by atoms with Crippen molar-refractivity contribution in [1.82, 2.24) is 9.78 Å². The van der Waals surface area contributed by atoms with Crippen molar-refractivity contribution < 1.29 is 4.74 Å². The van der Waals surface area contributed by atoms with Crippen LogP contribution in [0.1, 0.15) is 36.4 Å². The van der Waals surface area contributed by atoms with Gasteiger partial charge in [-0.25, -0.2) is 0 Å². The van der Waals surface area contributed by atoms with Gasteiger partial charge in [-0.05, 0) is 54.8 Å². The Morgan fingerprint density at radius 3 is 2.62 bits per heavy atom. The maximum absolute atomic E-state index is 6.04. The van der Waals surface area contributed by atoms with Gasteiger partial charge in [0.2, 0.25) is 0 Å². The first-order valence-corrected chi connectivity index (χ1v) is 8.01. The van der Waals surface area contributed by atoms with Crippen LogP contribution in [0.2, 0.25) is 0 Å². The molecule has 0 amide bonds. The molecule has 21 heavy (non-hydrogen) atoms.